The van der Waals surface area contributed by atoms with Crippen molar-refractivity contribution in [1.29, 1.82) is 0 Å². The van der Waals surface area contributed by atoms with E-state index in [1.807, 2.05) is 24.2 Å². The van der Waals surface area contributed by atoms with E-state index >= 15 is 0 Å². The molecule has 0 aromatic carbocycles. The van der Waals surface area contributed by atoms with Crippen molar-refractivity contribution in [2.24, 2.45) is 7.05 Å². The molecule has 1 atom stereocenters. The molecule has 0 saturated carbocycles. The van der Waals surface area contributed by atoms with Crippen molar-refractivity contribution < 1.29 is 0 Å². The van der Waals surface area contributed by atoms with E-state index in [-0.39, 0.29) is 6.04 Å². The van der Waals surface area contributed by atoms with Crippen LogP contribution in [0.1, 0.15) is 35.7 Å². The molecule has 4 nitrogen and oxygen atoms in total. The molecule has 2 rings (SSSR count). The second kappa shape index (κ2) is 5.82. The Labute approximate surface area is 116 Å². The first-order valence-corrected chi connectivity index (χ1v) is 7.21. The number of thiazole rings is 1. The van der Waals surface area contributed by atoms with Gasteiger partial charge in [0.15, 0.2) is 0 Å². The second-order valence-corrected chi connectivity index (χ2v) is 5.48. The van der Waals surface area contributed by atoms with Crippen LogP contribution in [0.4, 0.5) is 0 Å². The number of rotatable bonds is 5. The molecule has 0 spiro atoms. The molecule has 0 amide bonds. The maximum absolute atomic E-state index is 6.25. The first-order valence-electron chi connectivity index (χ1n) is 5.95. The summed E-state index contributed by atoms with van der Waals surface area (Å²) < 4.78 is 1.83. The minimum atomic E-state index is 0.0671. The number of hydrogen-bond donors (Lipinski definition) is 1. The van der Waals surface area contributed by atoms with Gasteiger partial charge in [-0.1, -0.05) is 18.5 Å². The highest BCUT2D eigenvalue weighted by molar-refractivity contribution is 7.09. The third-order valence-electron chi connectivity index (χ3n) is 2.85. The zero-order chi connectivity index (χ0) is 13.1. The Bertz CT molecular complexity index is 500. The van der Waals surface area contributed by atoms with Crippen LogP contribution in [0.5, 0.6) is 0 Å². The third kappa shape index (κ3) is 2.58. The highest BCUT2D eigenvalue weighted by Crippen LogP contribution is 2.31. The van der Waals surface area contributed by atoms with E-state index in [2.05, 4.69) is 22.3 Å². The molecule has 2 heterocycles. The highest BCUT2D eigenvalue weighted by atomic mass is 35.5. The van der Waals surface area contributed by atoms with Gasteiger partial charge in [-0.3, -0.25) is 4.68 Å². The third-order valence-corrected chi connectivity index (χ3v) is 4.14. The minimum Gasteiger partial charge on any atom is -0.304 e. The topological polar surface area (TPSA) is 42.7 Å². The smallest absolute Gasteiger partial charge is 0.0875 e. The minimum absolute atomic E-state index is 0.0671. The summed E-state index contributed by atoms with van der Waals surface area (Å²) in [4.78, 5) is 5.52. The van der Waals surface area contributed by atoms with Gasteiger partial charge < -0.3 is 5.32 Å². The van der Waals surface area contributed by atoms with Crippen molar-refractivity contribution in [3.8, 4) is 0 Å². The van der Waals surface area contributed by atoms with Crippen LogP contribution in [0, 0.1) is 6.92 Å². The molecule has 98 valence electrons. The zero-order valence-corrected chi connectivity index (χ0v) is 12.3. The Morgan fingerprint density at radius 1 is 1.56 bits per heavy atom. The van der Waals surface area contributed by atoms with Crippen molar-refractivity contribution in [3.63, 3.8) is 0 Å². The zero-order valence-electron chi connectivity index (χ0n) is 10.8. The summed E-state index contributed by atoms with van der Waals surface area (Å²) in [7, 11) is 1.91. The van der Waals surface area contributed by atoms with E-state index in [9.17, 15) is 0 Å². The van der Waals surface area contributed by atoms with E-state index in [0.717, 1.165) is 24.4 Å². The fourth-order valence-corrected chi connectivity index (χ4v) is 3.09. The summed E-state index contributed by atoms with van der Waals surface area (Å²) in [5, 5.41) is 8.43. The average Bonchev–Trinajstić information content (AvgIpc) is 2.90. The summed E-state index contributed by atoms with van der Waals surface area (Å²) in [6.07, 6.45) is 2.76. The Balaban J connectivity index is 2.40. The van der Waals surface area contributed by atoms with Gasteiger partial charge in [0.1, 0.15) is 0 Å². The van der Waals surface area contributed by atoms with Crippen molar-refractivity contribution in [2.45, 2.75) is 26.3 Å². The quantitative estimate of drug-likeness (QED) is 0.918. The predicted molar refractivity (Wildman–Crippen MR) is 75.2 cm³/mol. The van der Waals surface area contributed by atoms with Crippen molar-refractivity contribution in [1.82, 2.24) is 20.1 Å². The first kappa shape index (κ1) is 13.5. The fraction of sp³-hybridized carbons (Fsp3) is 0.500. The molecule has 0 bridgehead atoms. The van der Waals surface area contributed by atoms with E-state index in [4.69, 9.17) is 11.6 Å². The molecule has 2 aromatic rings. The maximum Gasteiger partial charge on any atom is 0.0875 e. The Hall–Kier alpha value is -0.910. The molecule has 2 aromatic heterocycles. The Morgan fingerprint density at radius 3 is 2.83 bits per heavy atom. The molecule has 0 aliphatic heterocycles. The molecule has 0 radical (unpaired) electrons. The second-order valence-electron chi connectivity index (χ2n) is 4.19. The number of aryl methyl sites for hydroxylation is 2. The van der Waals surface area contributed by atoms with Crippen molar-refractivity contribution in [2.75, 3.05) is 6.54 Å². The molecule has 18 heavy (non-hydrogen) atoms. The summed E-state index contributed by atoms with van der Waals surface area (Å²) >= 11 is 7.90. The fourth-order valence-electron chi connectivity index (χ4n) is 1.94. The molecule has 0 saturated heterocycles. The van der Waals surface area contributed by atoms with Crippen LogP contribution < -0.4 is 5.32 Å². The molecule has 0 aliphatic carbocycles. The Kier molecular flexibility index (Phi) is 4.37. The van der Waals surface area contributed by atoms with Crippen LogP contribution in [0.25, 0.3) is 0 Å². The SMILES string of the molecule is CCCNC(c1scnc1C)c1c(Cl)cnn1C. The summed E-state index contributed by atoms with van der Waals surface area (Å²) in [6, 6.07) is 0.0671. The monoisotopic (exact) mass is 284 g/mol. The summed E-state index contributed by atoms with van der Waals surface area (Å²) in [5.74, 6) is 0. The summed E-state index contributed by atoms with van der Waals surface area (Å²) in [6.45, 7) is 5.11. The number of aromatic nitrogens is 3. The van der Waals surface area contributed by atoms with E-state index in [1.54, 1.807) is 17.5 Å². The van der Waals surface area contributed by atoms with E-state index in [0.29, 0.717) is 5.02 Å². The van der Waals surface area contributed by atoms with Crippen LogP contribution in [-0.2, 0) is 7.05 Å². The molecule has 1 N–H and O–H groups in total. The van der Waals surface area contributed by atoms with Gasteiger partial charge in [-0.2, -0.15) is 5.10 Å². The van der Waals surface area contributed by atoms with Gasteiger partial charge in [0, 0.05) is 7.05 Å². The number of nitrogens with one attached hydrogen (secondary N) is 1. The highest BCUT2D eigenvalue weighted by Gasteiger charge is 2.23. The maximum atomic E-state index is 6.25. The molecular weight excluding hydrogens is 268 g/mol. The molecule has 1 unspecified atom stereocenters. The van der Waals surface area contributed by atoms with Crippen LogP contribution in [0.2, 0.25) is 5.02 Å². The predicted octanol–water partition coefficient (Wildman–Crippen LogP) is 2.93. The van der Waals surface area contributed by atoms with E-state index < -0.39 is 0 Å². The lowest BCUT2D eigenvalue weighted by Gasteiger charge is -2.18. The average molecular weight is 285 g/mol. The molecule has 0 fully saturated rings. The van der Waals surface area contributed by atoms with Crippen LogP contribution in [0.3, 0.4) is 0 Å². The summed E-state index contributed by atoms with van der Waals surface area (Å²) in [5.41, 5.74) is 3.92. The van der Waals surface area contributed by atoms with Crippen LogP contribution in [-0.4, -0.2) is 21.3 Å². The number of nitrogens with zero attached hydrogens (tertiary/aromatic N) is 3. The van der Waals surface area contributed by atoms with Gasteiger partial charge in [-0.25, -0.2) is 4.98 Å². The molecule has 6 heteroatoms. The van der Waals surface area contributed by atoms with Crippen molar-refractivity contribution >= 4 is 22.9 Å². The lowest BCUT2D eigenvalue weighted by Crippen LogP contribution is -2.25. The van der Waals surface area contributed by atoms with Gasteiger partial charge in [0.2, 0.25) is 0 Å². The Morgan fingerprint density at radius 2 is 2.33 bits per heavy atom. The van der Waals surface area contributed by atoms with E-state index in [1.165, 1.54) is 4.88 Å². The molecule has 0 aliphatic rings. The molecular formula is C12H17ClN4S. The number of halogens is 1. The van der Waals surface area contributed by atoms with Crippen molar-refractivity contribution in [3.05, 3.63) is 33.0 Å². The van der Waals surface area contributed by atoms with Gasteiger partial charge in [0.05, 0.1) is 39.0 Å². The first-order chi connectivity index (χ1) is 8.65. The largest absolute Gasteiger partial charge is 0.304 e. The van der Waals surface area contributed by atoms with Crippen LogP contribution >= 0.6 is 22.9 Å². The number of hydrogen-bond acceptors (Lipinski definition) is 4. The van der Waals surface area contributed by atoms with Crippen LogP contribution in [0.15, 0.2) is 11.7 Å². The van der Waals surface area contributed by atoms with Gasteiger partial charge in [0.25, 0.3) is 0 Å². The van der Waals surface area contributed by atoms with Gasteiger partial charge in [-0.05, 0) is 19.9 Å². The van der Waals surface area contributed by atoms with Gasteiger partial charge in [-0.15, -0.1) is 11.3 Å². The normalized spacial score (nSPS) is 12.9. The lowest BCUT2D eigenvalue weighted by molar-refractivity contribution is 0.557. The standard InChI is InChI=1S/C12H17ClN4S/c1-4-5-14-10(12-8(2)15-7-18-12)11-9(13)6-16-17(11)3/h6-7,10,14H,4-5H2,1-3H3. The lowest BCUT2D eigenvalue weighted by atomic mass is 10.1. The van der Waals surface area contributed by atoms with Gasteiger partial charge >= 0.3 is 0 Å².